The van der Waals surface area contributed by atoms with E-state index in [2.05, 4.69) is 6.07 Å². The van der Waals surface area contributed by atoms with Crippen molar-refractivity contribution in [1.29, 1.82) is 0 Å². The van der Waals surface area contributed by atoms with Crippen LogP contribution in [0, 0.1) is 0 Å². The van der Waals surface area contributed by atoms with Crippen LogP contribution in [0.2, 0.25) is 0 Å². The molecule has 1 aliphatic rings. The number of hydrogen-bond acceptors (Lipinski definition) is 5. The molecule has 2 heterocycles. The quantitative estimate of drug-likeness (QED) is 0.297. The molecule has 1 amide bonds. The van der Waals surface area contributed by atoms with Gasteiger partial charge >= 0.3 is 0 Å². The standard InChI is InChI=1S/C27H25N3O3S/c1-3-33-21-14-12-20(13-15-21)30-26(32)22-9-5-6-10-23(22)28-27(30)34-18(2)25(31)29-17-16-19-8-4-7-11-24(19)29/h4-15,18H,3,16-17H2,1-2H3. The third-order valence-corrected chi connectivity index (χ3v) is 6.97. The lowest BCUT2D eigenvalue weighted by Gasteiger charge is -2.22. The van der Waals surface area contributed by atoms with Gasteiger partial charge in [0.25, 0.3) is 5.56 Å². The molecule has 0 aliphatic carbocycles. The van der Waals surface area contributed by atoms with E-state index in [1.54, 1.807) is 10.6 Å². The lowest BCUT2D eigenvalue weighted by atomic mass is 10.2. The van der Waals surface area contributed by atoms with E-state index in [1.165, 1.54) is 17.3 Å². The van der Waals surface area contributed by atoms with Crippen LogP contribution in [-0.2, 0) is 11.2 Å². The van der Waals surface area contributed by atoms with Gasteiger partial charge in [0.05, 0.1) is 28.4 Å². The van der Waals surface area contributed by atoms with Crippen LogP contribution in [0.1, 0.15) is 19.4 Å². The van der Waals surface area contributed by atoms with Crippen molar-refractivity contribution in [1.82, 2.24) is 9.55 Å². The highest BCUT2D eigenvalue weighted by atomic mass is 32.2. The molecule has 1 aromatic heterocycles. The normalized spacial score (nSPS) is 13.6. The molecule has 34 heavy (non-hydrogen) atoms. The van der Waals surface area contributed by atoms with Gasteiger partial charge < -0.3 is 9.64 Å². The van der Waals surface area contributed by atoms with Crippen LogP contribution in [0.25, 0.3) is 16.6 Å². The number of para-hydroxylation sites is 2. The van der Waals surface area contributed by atoms with E-state index in [0.717, 1.165) is 17.9 Å². The minimum atomic E-state index is -0.423. The Balaban J connectivity index is 1.53. The zero-order valence-electron chi connectivity index (χ0n) is 19.1. The smallest absolute Gasteiger partial charge is 0.266 e. The van der Waals surface area contributed by atoms with E-state index >= 15 is 0 Å². The van der Waals surface area contributed by atoms with E-state index in [0.29, 0.717) is 34.9 Å². The number of ether oxygens (including phenoxy) is 1. The molecular formula is C27H25N3O3S. The Kier molecular flexibility index (Phi) is 6.11. The molecule has 0 radical (unpaired) electrons. The van der Waals surface area contributed by atoms with Gasteiger partial charge in [-0.2, -0.15) is 0 Å². The van der Waals surface area contributed by atoms with Crippen molar-refractivity contribution < 1.29 is 9.53 Å². The molecule has 1 unspecified atom stereocenters. The number of anilines is 1. The fourth-order valence-electron chi connectivity index (χ4n) is 4.27. The number of fused-ring (bicyclic) bond motifs is 2. The second-order valence-corrected chi connectivity index (χ2v) is 9.42. The maximum Gasteiger partial charge on any atom is 0.266 e. The van der Waals surface area contributed by atoms with E-state index < -0.39 is 5.25 Å². The molecule has 0 bridgehead atoms. The van der Waals surface area contributed by atoms with Gasteiger partial charge in [-0.1, -0.05) is 42.1 Å². The third-order valence-electron chi connectivity index (χ3n) is 5.93. The molecule has 0 saturated carbocycles. The highest BCUT2D eigenvalue weighted by molar-refractivity contribution is 8.00. The SMILES string of the molecule is CCOc1ccc(-n2c(SC(C)C(=O)N3CCc4ccccc43)nc3ccccc3c2=O)cc1. The summed E-state index contributed by atoms with van der Waals surface area (Å²) in [6.45, 7) is 5.03. The minimum absolute atomic E-state index is 0.00982. The maximum absolute atomic E-state index is 13.5. The largest absolute Gasteiger partial charge is 0.494 e. The summed E-state index contributed by atoms with van der Waals surface area (Å²) in [5.74, 6) is 0.745. The highest BCUT2D eigenvalue weighted by Crippen LogP contribution is 2.32. The Morgan fingerprint density at radius 2 is 1.79 bits per heavy atom. The second-order valence-electron chi connectivity index (χ2n) is 8.11. The number of thioether (sulfide) groups is 1. The molecule has 0 N–H and O–H groups in total. The summed E-state index contributed by atoms with van der Waals surface area (Å²) in [6.07, 6.45) is 0.852. The summed E-state index contributed by atoms with van der Waals surface area (Å²) in [5.41, 5.74) is 3.28. The molecule has 0 fully saturated rings. The Morgan fingerprint density at radius 3 is 2.59 bits per heavy atom. The van der Waals surface area contributed by atoms with Crippen molar-refractivity contribution in [3.63, 3.8) is 0 Å². The molecule has 172 valence electrons. The number of rotatable bonds is 6. The fourth-order valence-corrected chi connectivity index (χ4v) is 5.26. The van der Waals surface area contributed by atoms with Gasteiger partial charge in [0, 0.05) is 12.2 Å². The number of nitrogens with zero attached hydrogens (tertiary/aromatic N) is 3. The van der Waals surface area contributed by atoms with E-state index in [4.69, 9.17) is 9.72 Å². The first kappa shape index (κ1) is 22.2. The summed E-state index contributed by atoms with van der Waals surface area (Å²) in [6, 6.07) is 22.7. The van der Waals surface area contributed by atoms with Crippen molar-refractivity contribution in [2.45, 2.75) is 30.7 Å². The van der Waals surface area contributed by atoms with Gasteiger partial charge in [-0.25, -0.2) is 4.98 Å². The van der Waals surface area contributed by atoms with Crippen molar-refractivity contribution in [3.8, 4) is 11.4 Å². The van der Waals surface area contributed by atoms with E-state index in [1.807, 2.05) is 79.4 Å². The van der Waals surface area contributed by atoms with Gasteiger partial charge in [0.1, 0.15) is 5.75 Å². The van der Waals surface area contributed by atoms with Crippen LogP contribution in [0.4, 0.5) is 5.69 Å². The zero-order chi connectivity index (χ0) is 23.7. The molecule has 0 spiro atoms. The molecular weight excluding hydrogens is 446 g/mol. The van der Waals surface area contributed by atoms with Crippen molar-refractivity contribution in [2.75, 3.05) is 18.1 Å². The highest BCUT2D eigenvalue weighted by Gasteiger charge is 2.29. The van der Waals surface area contributed by atoms with Crippen molar-refractivity contribution >= 4 is 34.3 Å². The maximum atomic E-state index is 13.5. The molecule has 0 saturated heterocycles. The Hall–Kier alpha value is -3.58. The van der Waals surface area contributed by atoms with Crippen LogP contribution in [-0.4, -0.2) is 33.9 Å². The lowest BCUT2D eigenvalue weighted by molar-refractivity contribution is -0.117. The number of aromatic nitrogens is 2. The number of benzene rings is 3. The molecule has 6 nitrogen and oxygen atoms in total. The number of carbonyl (C=O) groups is 1. The monoisotopic (exact) mass is 471 g/mol. The fraction of sp³-hybridized carbons (Fsp3) is 0.222. The molecule has 4 aromatic rings. The molecule has 1 aliphatic heterocycles. The topological polar surface area (TPSA) is 64.4 Å². The third kappa shape index (κ3) is 4.07. The van der Waals surface area contributed by atoms with Crippen molar-refractivity contribution in [2.24, 2.45) is 0 Å². The van der Waals surface area contributed by atoms with E-state index in [9.17, 15) is 9.59 Å². The molecule has 5 rings (SSSR count). The summed E-state index contributed by atoms with van der Waals surface area (Å²) in [5, 5.41) is 0.600. The van der Waals surface area contributed by atoms with Gasteiger partial charge in [-0.05, 0) is 68.3 Å². The Bertz CT molecular complexity index is 1420. The predicted molar refractivity (Wildman–Crippen MR) is 136 cm³/mol. The first-order valence-electron chi connectivity index (χ1n) is 11.4. The molecule has 3 aromatic carbocycles. The Morgan fingerprint density at radius 1 is 1.06 bits per heavy atom. The van der Waals surface area contributed by atoms with Crippen LogP contribution < -0.4 is 15.2 Å². The first-order chi connectivity index (χ1) is 16.6. The molecule has 1 atom stereocenters. The van der Waals surface area contributed by atoms with Crippen LogP contribution in [0.5, 0.6) is 5.75 Å². The van der Waals surface area contributed by atoms with Crippen molar-refractivity contribution in [3.05, 3.63) is 88.7 Å². The molecule has 7 heteroatoms. The average Bonchev–Trinajstić information content (AvgIpc) is 3.29. The predicted octanol–water partition coefficient (Wildman–Crippen LogP) is 4.85. The summed E-state index contributed by atoms with van der Waals surface area (Å²) in [4.78, 5) is 33.5. The van der Waals surface area contributed by atoms with Gasteiger partial charge in [0.15, 0.2) is 5.16 Å². The number of carbonyl (C=O) groups excluding carboxylic acids is 1. The van der Waals surface area contributed by atoms with Crippen LogP contribution >= 0.6 is 11.8 Å². The lowest BCUT2D eigenvalue weighted by Crippen LogP contribution is -2.35. The zero-order valence-corrected chi connectivity index (χ0v) is 19.9. The van der Waals surface area contributed by atoms with Gasteiger partial charge in [-0.15, -0.1) is 0 Å². The van der Waals surface area contributed by atoms with Crippen LogP contribution in [0.15, 0.2) is 82.7 Å². The summed E-state index contributed by atoms with van der Waals surface area (Å²) >= 11 is 1.31. The number of hydrogen-bond donors (Lipinski definition) is 0. The first-order valence-corrected chi connectivity index (χ1v) is 12.3. The van der Waals surface area contributed by atoms with Gasteiger partial charge in [-0.3, -0.25) is 14.2 Å². The average molecular weight is 472 g/mol. The summed E-state index contributed by atoms with van der Waals surface area (Å²) in [7, 11) is 0. The van der Waals surface area contributed by atoms with Gasteiger partial charge in [0.2, 0.25) is 5.91 Å². The number of amides is 1. The van der Waals surface area contributed by atoms with Crippen LogP contribution in [0.3, 0.4) is 0 Å². The minimum Gasteiger partial charge on any atom is -0.494 e. The summed E-state index contributed by atoms with van der Waals surface area (Å²) < 4.78 is 7.14. The van der Waals surface area contributed by atoms with E-state index in [-0.39, 0.29) is 11.5 Å². The second kappa shape index (κ2) is 9.35. The Labute approximate surface area is 202 Å².